The molecule has 2 aromatic heterocycles. The van der Waals surface area contributed by atoms with Gasteiger partial charge in [-0.25, -0.2) is 14.4 Å². The van der Waals surface area contributed by atoms with Crippen LogP contribution in [0.1, 0.15) is 30.0 Å². The minimum absolute atomic E-state index is 0.284. The van der Waals surface area contributed by atoms with Crippen molar-refractivity contribution in [1.82, 2.24) is 15.0 Å². The summed E-state index contributed by atoms with van der Waals surface area (Å²) in [7, 11) is 0. The molecule has 2 aromatic carbocycles. The third kappa shape index (κ3) is 3.78. The molecular weight excluding hydrogens is 387 g/mol. The number of halogens is 2. The maximum Gasteiger partial charge on any atom is 0.128 e. The average Bonchev–Trinajstić information content (AvgIpc) is 2.72. The topological polar surface area (TPSA) is 50.7 Å². The summed E-state index contributed by atoms with van der Waals surface area (Å²) in [4.78, 5) is 13.0. The normalized spacial score (nSPS) is 12.2. The van der Waals surface area contributed by atoms with Crippen LogP contribution in [0.5, 0.6) is 0 Å². The molecule has 6 heteroatoms. The van der Waals surface area contributed by atoms with Crippen LogP contribution in [0.4, 0.5) is 10.1 Å². The van der Waals surface area contributed by atoms with Gasteiger partial charge in [-0.15, -0.1) is 0 Å². The number of rotatable bonds is 4. The van der Waals surface area contributed by atoms with Crippen molar-refractivity contribution in [1.29, 1.82) is 0 Å². The lowest BCUT2D eigenvalue weighted by Crippen LogP contribution is -2.10. The van der Waals surface area contributed by atoms with Crippen LogP contribution < -0.4 is 5.32 Å². The molecule has 0 aliphatic heterocycles. The number of pyridine rings is 1. The highest BCUT2D eigenvalue weighted by molar-refractivity contribution is 6.35. The Morgan fingerprint density at radius 1 is 1.00 bits per heavy atom. The summed E-state index contributed by atoms with van der Waals surface area (Å²) in [6.45, 7) is 5.61. The van der Waals surface area contributed by atoms with Crippen LogP contribution in [-0.2, 0) is 0 Å². The molecule has 1 atom stereocenters. The van der Waals surface area contributed by atoms with E-state index in [4.69, 9.17) is 11.6 Å². The largest absolute Gasteiger partial charge is 0.377 e. The quantitative estimate of drug-likeness (QED) is 0.433. The second-order valence-electron chi connectivity index (χ2n) is 7.02. The Morgan fingerprint density at radius 3 is 2.48 bits per heavy atom. The number of benzene rings is 2. The van der Waals surface area contributed by atoms with Gasteiger partial charge in [0.1, 0.15) is 11.6 Å². The second kappa shape index (κ2) is 7.76. The lowest BCUT2D eigenvalue weighted by molar-refractivity contribution is 0.600. The van der Waals surface area contributed by atoms with Crippen LogP contribution in [0.2, 0.25) is 5.02 Å². The van der Waals surface area contributed by atoms with E-state index in [9.17, 15) is 4.39 Å². The zero-order valence-electron chi connectivity index (χ0n) is 16.4. The van der Waals surface area contributed by atoms with E-state index in [2.05, 4.69) is 20.3 Å². The number of para-hydroxylation sites is 1. The van der Waals surface area contributed by atoms with Crippen molar-refractivity contribution in [3.05, 3.63) is 82.8 Å². The molecule has 2 heterocycles. The summed E-state index contributed by atoms with van der Waals surface area (Å²) < 4.78 is 14.7. The monoisotopic (exact) mass is 406 g/mol. The van der Waals surface area contributed by atoms with Crippen molar-refractivity contribution >= 4 is 28.2 Å². The Hall–Kier alpha value is -3.05. The third-order valence-electron chi connectivity index (χ3n) is 4.94. The summed E-state index contributed by atoms with van der Waals surface area (Å²) in [5, 5.41) is 4.84. The fraction of sp³-hybridized carbons (Fsp3) is 0.174. The maximum absolute atomic E-state index is 14.7. The molecule has 0 amide bonds. The summed E-state index contributed by atoms with van der Waals surface area (Å²) in [6, 6.07) is 12.5. The molecule has 0 saturated carbocycles. The van der Waals surface area contributed by atoms with E-state index < -0.39 is 0 Å². The van der Waals surface area contributed by atoms with Crippen LogP contribution in [0.15, 0.2) is 54.9 Å². The first-order chi connectivity index (χ1) is 13.9. The van der Waals surface area contributed by atoms with Gasteiger partial charge in [0.05, 0.1) is 28.0 Å². The van der Waals surface area contributed by atoms with Gasteiger partial charge in [0, 0.05) is 28.9 Å². The molecule has 1 N–H and O–H groups in total. The molecule has 0 fully saturated rings. The van der Waals surface area contributed by atoms with Gasteiger partial charge in [-0.1, -0.05) is 35.9 Å². The Bertz CT molecular complexity index is 1190. The van der Waals surface area contributed by atoms with Crippen LogP contribution in [0.3, 0.4) is 0 Å². The number of aryl methyl sites for hydroxylation is 2. The first kappa shape index (κ1) is 19.3. The van der Waals surface area contributed by atoms with Crippen molar-refractivity contribution in [3.8, 4) is 11.1 Å². The Morgan fingerprint density at radius 2 is 1.72 bits per heavy atom. The molecule has 0 aliphatic rings. The Kier molecular flexibility index (Phi) is 5.16. The highest BCUT2D eigenvalue weighted by Gasteiger charge is 2.17. The molecule has 0 aliphatic carbocycles. The molecule has 0 unspecified atom stereocenters. The summed E-state index contributed by atoms with van der Waals surface area (Å²) >= 11 is 6.55. The minimum atomic E-state index is -0.316. The number of hydrogen-bond acceptors (Lipinski definition) is 4. The van der Waals surface area contributed by atoms with Gasteiger partial charge < -0.3 is 5.32 Å². The van der Waals surface area contributed by atoms with Crippen molar-refractivity contribution in [2.24, 2.45) is 0 Å². The molecule has 4 nitrogen and oxygen atoms in total. The van der Waals surface area contributed by atoms with E-state index >= 15 is 0 Å². The van der Waals surface area contributed by atoms with Crippen molar-refractivity contribution in [3.63, 3.8) is 0 Å². The zero-order chi connectivity index (χ0) is 20.5. The van der Waals surface area contributed by atoms with E-state index in [0.717, 1.165) is 33.4 Å². The second-order valence-corrected chi connectivity index (χ2v) is 7.40. The number of hydrogen-bond donors (Lipinski definition) is 1. The van der Waals surface area contributed by atoms with Gasteiger partial charge in [0.15, 0.2) is 0 Å². The maximum atomic E-state index is 14.7. The van der Waals surface area contributed by atoms with Crippen molar-refractivity contribution < 1.29 is 4.39 Å². The SMILES string of the molecule is Cc1ncc(-c2ccc(F)c([C@@H](C)Nc3c(Cl)c(C)nc4ccccc34)c2)cn1. The van der Waals surface area contributed by atoms with Gasteiger partial charge in [-0.05, 0) is 44.5 Å². The van der Waals surface area contributed by atoms with E-state index in [0.29, 0.717) is 16.4 Å². The average molecular weight is 407 g/mol. The highest BCUT2D eigenvalue weighted by atomic mass is 35.5. The number of fused-ring (bicyclic) bond motifs is 1. The molecule has 4 rings (SSSR count). The van der Waals surface area contributed by atoms with E-state index in [-0.39, 0.29) is 11.9 Å². The first-order valence-corrected chi connectivity index (χ1v) is 9.71. The van der Waals surface area contributed by atoms with Crippen LogP contribution in [-0.4, -0.2) is 15.0 Å². The van der Waals surface area contributed by atoms with Crippen LogP contribution in [0.25, 0.3) is 22.0 Å². The zero-order valence-corrected chi connectivity index (χ0v) is 17.1. The lowest BCUT2D eigenvalue weighted by atomic mass is 10.0. The van der Waals surface area contributed by atoms with E-state index in [1.54, 1.807) is 18.5 Å². The fourth-order valence-electron chi connectivity index (χ4n) is 3.34. The summed E-state index contributed by atoms with van der Waals surface area (Å²) in [5.41, 5.74) is 4.56. The fourth-order valence-corrected chi connectivity index (χ4v) is 3.54. The smallest absolute Gasteiger partial charge is 0.128 e. The van der Waals surface area contributed by atoms with Gasteiger partial charge in [0.2, 0.25) is 0 Å². The predicted octanol–water partition coefficient (Wildman–Crippen LogP) is 6.27. The van der Waals surface area contributed by atoms with Gasteiger partial charge >= 0.3 is 0 Å². The molecule has 0 radical (unpaired) electrons. The number of aromatic nitrogens is 3. The van der Waals surface area contributed by atoms with Crippen LogP contribution in [0, 0.1) is 19.7 Å². The summed E-state index contributed by atoms with van der Waals surface area (Å²) in [6.07, 6.45) is 3.49. The summed E-state index contributed by atoms with van der Waals surface area (Å²) in [5.74, 6) is 0.411. The third-order valence-corrected chi connectivity index (χ3v) is 5.40. The van der Waals surface area contributed by atoms with Gasteiger partial charge in [-0.3, -0.25) is 4.98 Å². The van der Waals surface area contributed by atoms with Gasteiger partial charge in [0.25, 0.3) is 0 Å². The van der Waals surface area contributed by atoms with Gasteiger partial charge in [-0.2, -0.15) is 0 Å². The Balaban J connectivity index is 1.73. The molecular formula is C23H20ClFN4. The molecule has 0 spiro atoms. The van der Waals surface area contributed by atoms with Crippen LogP contribution >= 0.6 is 11.6 Å². The molecule has 4 aromatic rings. The molecule has 29 heavy (non-hydrogen) atoms. The standard InChI is InChI=1S/C23H20ClFN4/c1-13(29-23-18-6-4-5-7-21(18)28-14(2)22(23)24)19-10-16(8-9-20(19)25)17-11-26-15(3)27-12-17/h4-13H,1-3H3,(H,28,29)/t13-/m1/s1. The van der Waals surface area contributed by atoms with E-state index in [1.165, 1.54) is 6.07 Å². The lowest BCUT2D eigenvalue weighted by Gasteiger charge is -2.20. The minimum Gasteiger partial charge on any atom is -0.377 e. The molecule has 0 bridgehead atoms. The number of anilines is 1. The van der Waals surface area contributed by atoms with E-state index in [1.807, 2.05) is 51.1 Å². The highest BCUT2D eigenvalue weighted by Crippen LogP contribution is 2.35. The number of nitrogens with one attached hydrogen (secondary N) is 1. The molecule has 0 saturated heterocycles. The number of nitrogens with zero attached hydrogens (tertiary/aromatic N) is 3. The van der Waals surface area contributed by atoms with Crippen molar-refractivity contribution in [2.75, 3.05) is 5.32 Å². The van der Waals surface area contributed by atoms with Crippen molar-refractivity contribution in [2.45, 2.75) is 26.8 Å². The predicted molar refractivity (Wildman–Crippen MR) is 116 cm³/mol. The molecule has 146 valence electrons. The first-order valence-electron chi connectivity index (χ1n) is 9.34. The Labute approximate surface area is 173 Å².